The van der Waals surface area contributed by atoms with Crippen LogP contribution in [-0.2, 0) is 9.53 Å². The normalized spacial score (nSPS) is 24.3. The second-order valence-corrected chi connectivity index (χ2v) is 4.63. The number of hydrogen-bond acceptors (Lipinski definition) is 3. The number of rotatable bonds is 3. The van der Waals surface area contributed by atoms with Crippen LogP contribution in [0.4, 0.5) is 4.79 Å². The van der Waals surface area contributed by atoms with Gasteiger partial charge in [-0.1, -0.05) is 26.2 Å². The highest BCUT2D eigenvalue weighted by Crippen LogP contribution is 2.36. The number of carbonyl (C=O) groups is 2. The number of cyclic esters (lactones) is 1. The lowest BCUT2D eigenvalue weighted by atomic mass is 9.76. The van der Waals surface area contributed by atoms with Gasteiger partial charge in [-0.25, -0.2) is 4.79 Å². The molecule has 0 radical (unpaired) electrons. The van der Waals surface area contributed by atoms with Gasteiger partial charge in [0, 0.05) is 6.42 Å². The van der Waals surface area contributed by atoms with Gasteiger partial charge in [0.05, 0.1) is 6.54 Å². The Bertz CT molecular complexity index is 295. The van der Waals surface area contributed by atoms with Crippen LogP contribution in [-0.4, -0.2) is 35.5 Å². The van der Waals surface area contributed by atoms with E-state index in [2.05, 4.69) is 0 Å². The van der Waals surface area contributed by atoms with Crippen LogP contribution in [0.3, 0.4) is 0 Å². The van der Waals surface area contributed by atoms with E-state index in [1.165, 1.54) is 6.42 Å². The Morgan fingerprint density at radius 2 is 2.06 bits per heavy atom. The summed E-state index contributed by atoms with van der Waals surface area (Å²) < 4.78 is 4.97. The second-order valence-electron chi connectivity index (χ2n) is 4.63. The number of amides is 1. The monoisotopic (exact) mass is 225 g/mol. The van der Waals surface area contributed by atoms with Crippen molar-refractivity contribution in [2.24, 2.45) is 0 Å². The van der Waals surface area contributed by atoms with Crippen LogP contribution in [0, 0.1) is 0 Å². The van der Waals surface area contributed by atoms with Gasteiger partial charge in [0.1, 0.15) is 12.1 Å². The standard InChI is InChI=1S/C12H19NO3/c1-2-10(14)12(6-4-3-5-7-12)13-8-9-16-11(13)15/h2-9H2,1H3. The van der Waals surface area contributed by atoms with Crippen molar-refractivity contribution in [3.8, 4) is 0 Å². The van der Waals surface area contributed by atoms with E-state index < -0.39 is 5.54 Å². The molecule has 2 aliphatic rings. The molecule has 0 aromatic heterocycles. The van der Waals surface area contributed by atoms with Crippen LogP contribution < -0.4 is 0 Å². The van der Waals surface area contributed by atoms with Crippen LogP contribution in [0.2, 0.25) is 0 Å². The van der Waals surface area contributed by atoms with E-state index in [-0.39, 0.29) is 11.9 Å². The van der Waals surface area contributed by atoms with Crippen molar-refractivity contribution < 1.29 is 14.3 Å². The van der Waals surface area contributed by atoms with Gasteiger partial charge in [-0.2, -0.15) is 0 Å². The Labute approximate surface area is 95.9 Å². The fourth-order valence-electron chi connectivity index (χ4n) is 2.95. The van der Waals surface area contributed by atoms with Crippen molar-refractivity contribution in [3.05, 3.63) is 0 Å². The maximum absolute atomic E-state index is 12.2. The molecule has 0 spiro atoms. The Hall–Kier alpha value is -1.06. The number of Topliss-reactive ketones (excluding diaryl/α,β-unsaturated/α-hetero) is 1. The highest BCUT2D eigenvalue weighted by molar-refractivity contribution is 5.92. The van der Waals surface area contributed by atoms with Crippen molar-refractivity contribution in [2.75, 3.05) is 13.2 Å². The molecule has 1 heterocycles. The van der Waals surface area contributed by atoms with Gasteiger partial charge < -0.3 is 4.74 Å². The number of ketones is 1. The largest absolute Gasteiger partial charge is 0.448 e. The molecule has 1 aliphatic carbocycles. The summed E-state index contributed by atoms with van der Waals surface area (Å²) >= 11 is 0. The smallest absolute Gasteiger partial charge is 0.410 e. The summed E-state index contributed by atoms with van der Waals surface area (Å²) in [5.41, 5.74) is -0.541. The van der Waals surface area contributed by atoms with E-state index in [1.807, 2.05) is 6.92 Å². The molecule has 0 N–H and O–H groups in total. The first-order valence-electron chi connectivity index (χ1n) is 6.18. The second kappa shape index (κ2) is 4.44. The highest BCUT2D eigenvalue weighted by atomic mass is 16.6. The lowest BCUT2D eigenvalue weighted by Gasteiger charge is -2.41. The minimum atomic E-state index is -0.541. The van der Waals surface area contributed by atoms with Gasteiger partial charge in [0.15, 0.2) is 5.78 Å². The molecule has 4 nitrogen and oxygen atoms in total. The van der Waals surface area contributed by atoms with E-state index in [0.29, 0.717) is 19.6 Å². The maximum Gasteiger partial charge on any atom is 0.410 e. The van der Waals surface area contributed by atoms with Gasteiger partial charge in [-0.3, -0.25) is 9.69 Å². The molecule has 4 heteroatoms. The third-order valence-electron chi connectivity index (χ3n) is 3.80. The lowest BCUT2D eigenvalue weighted by molar-refractivity contribution is -0.131. The Morgan fingerprint density at radius 1 is 1.38 bits per heavy atom. The molecule has 0 aromatic carbocycles. The van der Waals surface area contributed by atoms with Crippen LogP contribution in [0.5, 0.6) is 0 Å². The zero-order valence-electron chi connectivity index (χ0n) is 9.83. The fraction of sp³-hybridized carbons (Fsp3) is 0.833. The Balaban J connectivity index is 2.25. The average Bonchev–Trinajstić information content (AvgIpc) is 2.76. The van der Waals surface area contributed by atoms with Crippen LogP contribution in [0.25, 0.3) is 0 Å². The average molecular weight is 225 g/mol. The number of carbonyl (C=O) groups excluding carboxylic acids is 2. The zero-order chi connectivity index (χ0) is 11.6. The summed E-state index contributed by atoms with van der Waals surface area (Å²) in [6.07, 6.45) is 5.07. The fourth-order valence-corrected chi connectivity index (χ4v) is 2.95. The summed E-state index contributed by atoms with van der Waals surface area (Å²) in [5, 5.41) is 0. The molecule has 0 unspecified atom stereocenters. The quantitative estimate of drug-likeness (QED) is 0.739. The predicted molar refractivity (Wildman–Crippen MR) is 59.2 cm³/mol. The molecular formula is C12H19NO3. The molecule has 0 aromatic rings. The molecule has 90 valence electrons. The van der Waals surface area contributed by atoms with Gasteiger partial charge >= 0.3 is 6.09 Å². The molecule has 0 atom stereocenters. The zero-order valence-corrected chi connectivity index (χ0v) is 9.83. The summed E-state index contributed by atoms with van der Waals surface area (Å²) in [4.78, 5) is 25.5. The summed E-state index contributed by atoms with van der Waals surface area (Å²) in [7, 11) is 0. The molecule has 0 bridgehead atoms. The first kappa shape index (κ1) is 11.4. The minimum absolute atomic E-state index is 0.200. The molecule has 1 amide bonds. The summed E-state index contributed by atoms with van der Waals surface area (Å²) in [6, 6.07) is 0. The first-order chi connectivity index (χ1) is 7.70. The third-order valence-corrected chi connectivity index (χ3v) is 3.80. The van der Waals surface area contributed by atoms with E-state index in [9.17, 15) is 9.59 Å². The summed E-state index contributed by atoms with van der Waals surface area (Å²) in [5.74, 6) is 0.200. The summed E-state index contributed by atoms with van der Waals surface area (Å²) in [6.45, 7) is 2.88. The predicted octanol–water partition coefficient (Wildman–Crippen LogP) is 2.12. The van der Waals surface area contributed by atoms with Crippen molar-refractivity contribution in [1.82, 2.24) is 4.90 Å². The first-order valence-corrected chi connectivity index (χ1v) is 6.18. The van der Waals surface area contributed by atoms with E-state index in [0.717, 1.165) is 25.7 Å². The molecule has 1 saturated carbocycles. The van der Waals surface area contributed by atoms with E-state index in [1.54, 1.807) is 4.90 Å². The third kappa shape index (κ3) is 1.70. The Morgan fingerprint density at radius 3 is 2.56 bits per heavy atom. The highest BCUT2D eigenvalue weighted by Gasteiger charge is 2.48. The van der Waals surface area contributed by atoms with Crippen LogP contribution >= 0.6 is 0 Å². The molecular weight excluding hydrogens is 206 g/mol. The van der Waals surface area contributed by atoms with E-state index in [4.69, 9.17) is 4.74 Å². The van der Waals surface area contributed by atoms with E-state index >= 15 is 0 Å². The number of hydrogen-bond donors (Lipinski definition) is 0. The van der Waals surface area contributed by atoms with Gasteiger partial charge in [0.25, 0.3) is 0 Å². The molecule has 1 aliphatic heterocycles. The number of ether oxygens (including phenoxy) is 1. The van der Waals surface area contributed by atoms with Crippen molar-refractivity contribution in [1.29, 1.82) is 0 Å². The molecule has 16 heavy (non-hydrogen) atoms. The van der Waals surface area contributed by atoms with Crippen molar-refractivity contribution >= 4 is 11.9 Å². The topological polar surface area (TPSA) is 46.6 Å². The maximum atomic E-state index is 12.2. The van der Waals surface area contributed by atoms with Gasteiger partial charge in [-0.05, 0) is 12.8 Å². The SMILES string of the molecule is CCC(=O)C1(N2CCOC2=O)CCCCC1. The molecule has 1 saturated heterocycles. The number of nitrogens with zero attached hydrogens (tertiary/aromatic N) is 1. The molecule has 2 rings (SSSR count). The van der Waals surface area contributed by atoms with Gasteiger partial charge in [-0.15, -0.1) is 0 Å². The Kier molecular flexibility index (Phi) is 3.17. The minimum Gasteiger partial charge on any atom is -0.448 e. The molecule has 2 fully saturated rings. The lowest BCUT2D eigenvalue weighted by Crippen LogP contribution is -2.56. The van der Waals surface area contributed by atoms with Crippen molar-refractivity contribution in [3.63, 3.8) is 0 Å². The van der Waals surface area contributed by atoms with Crippen molar-refractivity contribution in [2.45, 2.75) is 51.0 Å². The van der Waals surface area contributed by atoms with Crippen LogP contribution in [0.15, 0.2) is 0 Å². The van der Waals surface area contributed by atoms with Crippen LogP contribution in [0.1, 0.15) is 45.4 Å². The van der Waals surface area contributed by atoms with Gasteiger partial charge in [0.2, 0.25) is 0 Å².